The Labute approximate surface area is 278 Å². The maximum Gasteiger partial charge on any atom is 0.407 e. The maximum absolute atomic E-state index is 14.1. The van der Waals surface area contributed by atoms with Gasteiger partial charge in [0.25, 0.3) is 5.91 Å². The highest BCUT2D eigenvalue weighted by Crippen LogP contribution is 2.36. The molecule has 48 heavy (non-hydrogen) atoms. The summed E-state index contributed by atoms with van der Waals surface area (Å²) in [5, 5.41) is 18.9. The van der Waals surface area contributed by atoms with Crippen molar-refractivity contribution in [2.45, 2.75) is 64.0 Å². The maximum atomic E-state index is 14.1. The van der Waals surface area contributed by atoms with E-state index >= 15 is 0 Å². The predicted molar refractivity (Wildman–Crippen MR) is 177 cm³/mol. The van der Waals surface area contributed by atoms with Gasteiger partial charge in [-0.05, 0) is 70.2 Å². The first-order valence-corrected chi connectivity index (χ1v) is 17.1. The van der Waals surface area contributed by atoms with Gasteiger partial charge >= 0.3 is 17.7 Å². The molecule has 16 heteroatoms. The van der Waals surface area contributed by atoms with E-state index in [0.717, 1.165) is 6.92 Å². The Morgan fingerprint density at radius 1 is 1.10 bits per heavy atom. The number of amidine groups is 1. The number of aryl methyl sites for hydroxylation is 1. The average Bonchev–Trinajstić information content (AvgIpc) is 3.36. The van der Waals surface area contributed by atoms with E-state index in [4.69, 9.17) is 10.5 Å². The summed E-state index contributed by atoms with van der Waals surface area (Å²) in [6.07, 6.45) is 1.36. The number of hydrogen-bond donors (Lipinski definition) is 2. The highest BCUT2D eigenvalue weighted by Gasteiger charge is 2.36. The molecule has 2 amide bonds. The van der Waals surface area contributed by atoms with Crippen molar-refractivity contribution in [2.24, 2.45) is 16.8 Å². The lowest BCUT2D eigenvalue weighted by Crippen LogP contribution is -2.40. The van der Waals surface area contributed by atoms with E-state index in [1.807, 2.05) is 0 Å². The van der Waals surface area contributed by atoms with Crippen molar-refractivity contribution in [1.29, 1.82) is 0 Å². The number of hydrogen-bond acceptors (Lipinski definition) is 10. The van der Waals surface area contributed by atoms with E-state index in [2.05, 4.69) is 15.3 Å². The van der Waals surface area contributed by atoms with Gasteiger partial charge in [-0.3, -0.25) is 14.9 Å². The molecule has 258 valence electrons. The van der Waals surface area contributed by atoms with Gasteiger partial charge in [-0.15, -0.1) is 0 Å². The van der Waals surface area contributed by atoms with Gasteiger partial charge in [-0.25, -0.2) is 18.0 Å². The average molecular weight is 685 g/mol. The SMILES string of the molecule is CC(=O)ON=C(N)c1ccc2c([N+](=O)[O-])c(C(=O)N3CCC(CCNC(=O)OC(C)(C)C)CC3)n(CCS(=O)(=O)c3ccccc3)c2c1. The summed E-state index contributed by atoms with van der Waals surface area (Å²) in [5.74, 6) is -1.77. The molecule has 0 bridgehead atoms. The first kappa shape index (κ1) is 35.9. The van der Waals surface area contributed by atoms with Crippen LogP contribution in [0.4, 0.5) is 10.5 Å². The number of fused-ring (bicyclic) bond motifs is 1. The van der Waals surface area contributed by atoms with Crippen molar-refractivity contribution in [3.8, 4) is 0 Å². The Bertz CT molecular complexity index is 1820. The molecule has 1 aliphatic rings. The molecule has 3 N–H and O–H groups in total. The zero-order chi connectivity index (χ0) is 35.2. The van der Waals surface area contributed by atoms with Crippen LogP contribution in [0.5, 0.6) is 0 Å². The van der Waals surface area contributed by atoms with Gasteiger partial charge in [0.05, 0.1) is 26.5 Å². The van der Waals surface area contributed by atoms with Crippen LogP contribution in [0.2, 0.25) is 0 Å². The highest BCUT2D eigenvalue weighted by molar-refractivity contribution is 7.91. The number of alkyl carbamates (subject to hydrolysis) is 1. The number of nitrogens with zero attached hydrogens (tertiary/aromatic N) is 4. The van der Waals surface area contributed by atoms with Crippen molar-refractivity contribution in [1.82, 2.24) is 14.8 Å². The van der Waals surface area contributed by atoms with Crippen molar-refractivity contribution in [2.75, 3.05) is 25.4 Å². The summed E-state index contributed by atoms with van der Waals surface area (Å²) >= 11 is 0. The Balaban J connectivity index is 1.64. The van der Waals surface area contributed by atoms with E-state index in [-0.39, 0.29) is 45.4 Å². The normalized spacial score (nSPS) is 14.5. The molecule has 0 atom stereocenters. The molecule has 0 spiro atoms. The van der Waals surface area contributed by atoms with Crippen molar-refractivity contribution in [3.63, 3.8) is 0 Å². The second-order valence-corrected chi connectivity index (χ2v) is 14.6. The van der Waals surface area contributed by atoms with Gasteiger partial charge in [0.2, 0.25) is 0 Å². The Kier molecular flexibility index (Phi) is 11.1. The summed E-state index contributed by atoms with van der Waals surface area (Å²) in [5.41, 5.74) is 5.11. The smallest absolute Gasteiger partial charge is 0.407 e. The van der Waals surface area contributed by atoms with E-state index in [0.29, 0.717) is 38.9 Å². The van der Waals surface area contributed by atoms with Crippen LogP contribution in [0.25, 0.3) is 10.9 Å². The fourth-order valence-corrected chi connectivity index (χ4v) is 6.74. The number of ether oxygens (including phenoxy) is 1. The van der Waals surface area contributed by atoms with Crippen LogP contribution in [0.1, 0.15) is 63.0 Å². The van der Waals surface area contributed by atoms with Crippen LogP contribution in [0.3, 0.4) is 0 Å². The second kappa shape index (κ2) is 14.8. The lowest BCUT2D eigenvalue weighted by atomic mass is 9.93. The van der Waals surface area contributed by atoms with Crippen molar-refractivity contribution < 1.29 is 37.3 Å². The van der Waals surface area contributed by atoms with E-state index in [1.165, 1.54) is 39.8 Å². The van der Waals surface area contributed by atoms with Crippen LogP contribution in [-0.2, 0) is 30.8 Å². The molecule has 2 heterocycles. The molecular weight excluding hydrogens is 644 g/mol. The summed E-state index contributed by atoms with van der Waals surface area (Å²) < 4.78 is 33.1. The number of amides is 2. The van der Waals surface area contributed by atoms with E-state index in [1.54, 1.807) is 39.0 Å². The number of benzene rings is 2. The van der Waals surface area contributed by atoms with Crippen molar-refractivity contribution >= 4 is 50.2 Å². The molecule has 1 aromatic heterocycles. The minimum atomic E-state index is -3.84. The van der Waals surface area contributed by atoms with Crippen LogP contribution >= 0.6 is 0 Å². The molecule has 0 unspecified atom stereocenters. The summed E-state index contributed by atoms with van der Waals surface area (Å²) in [6.45, 7) is 7.21. The number of likely N-dealkylation sites (tertiary alicyclic amines) is 1. The number of piperidine rings is 1. The second-order valence-electron chi connectivity index (χ2n) is 12.5. The predicted octanol–water partition coefficient (Wildman–Crippen LogP) is 3.97. The van der Waals surface area contributed by atoms with E-state index in [9.17, 15) is 32.9 Å². The number of aromatic nitrogens is 1. The Morgan fingerprint density at radius 3 is 2.38 bits per heavy atom. The third kappa shape index (κ3) is 8.87. The summed E-state index contributed by atoms with van der Waals surface area (Å²) in [6, 6.07) is 12.1. The third-order valence-electron chi connectivity index (χ3n) is 7.80. The number of nitro groups is 1. The molecule has 15 nitrogen and oxygen atoms in total. The molecule has 0 aliphatic carbocycles. The zero-order valence-corrected chi connectivity index (χ0v) is 28.1. The minimum absolute atomic E-state index is 0.0746. The number of carbonyl (C=O) groups is 3. The van der Waals surface area contributed by atoms with Crippen LogP contribution < -0.4 is 11.1 Å². The molecule has 1 fully saturated rings. The standard InChI is InChI=1S/C32H40N6O9S/c1-21(39)47-35-29(33)23-10-11-25-26(20-23)37(18-19-48(44,45)24-8-6-5-7-9-24)28(27(25)38(42)43)30(40)36-16-13-22(14-17-36)12-15-34-31(41)46-32(2,3)4/h5-11,20,22H,12-19H2,1-4H3,(H2,33,35)(H,34,41). The lowest BCUT2D eigenvalue weighted by molar-refractivity contribution is -0.383. The quantitative estimate of drug-likeness (QED) is 0.0977. The number of sulfone groups is 1. The topological polar surface area (TPSA) is 206 Å². The van der Waals surface area contributed by atoms with Crippen molar-refractivity contribution in [3.05, 3.63) is 69.9 Å². The molecule has 1 aliphatic heterocycles. The minimum Gasteiger partial charge on any atom is -0.444 e. The van der Waals surface area contributed by atoms with Crippen LogP contribution in [0.15, 0.2) is 58.6 Å². The number of oxime groups is 1. The first-order valence-electron chi connectivity index (χ1n) is 15.4. The fourth-order valence-electron chi connectivity index (χ4n) is 5.51. The molecule has 0 saturated carbocycles. The van der Waals surface area contributed by atoms with E-state index < -0.39 is 49.8 Å². The monoisotopic (exact) mass is 684 g/mol. The van der Waals surface area contributed by atoms with Gasteiger partial charge < -0.3 is 30.1 Å². The van der Waals surface area contributed by atoms with Gasteiger partial charge in [0, 0.05) is 38.7 Å². The first-order chi connectivity index (χ1) is 22.6. The number of nitrogens with one attached hydrogen (secondary N) is 1. The molecule has 0 radical (unpaired) electrons. The summed E-state index contributed by atoms with van der Waals surface area (Å²) in [7, 11) is -3.84. The van der Waals surface area contributed by atoms with Crippen LogP contribution in [0, 0.1) is 16.0 Å². The lowest BCUT2D eigenvalue weighted by Gasteiger charge is -2.32. The van der Waals surface area contributed by atoms with Gasteiger partial charge in [-0.1, -0.05) is 29.4 Å². The molecule has 1 saturated heterocycles. The molecule has 3 aromatic rings. The third-order valence-corrected chi connectivity index (χ3v) is 9.51. The zero-order valence-electron chi connectivity index (χ0n) is 27.3. The summed E-state index contributed by atoms with van der Waals surface area (Å²) in [4.78, 5) is 55.5. The van der Waals surface area contributed by atoms with Crippen LogP contribution in [-0.4, -0.2) is 77.6 Å². The Hall–Kier alpha value is -4.99. The fraction of sp³-hybridized carbons (Fsp3) is 0.438. The number of nitrogens with two attached hydrogens (primary N) is 1. The van der Waals surface area contributed by atoms with Gasteiger partial charge in [0.15, 0.2) is 21.4 Å². The molecular formula is C32H40N6O9S. The highest BCUT2D eigenvalue weighted by atomic mass is 32.2. The Morgan fingerprint density at radius 2 is 1.77 bits per heavy atom. The van der Waals surface area contributed by atoms with Gasteiger partial charge in [-0.2, -0.15) is 0 Å². The molecule has 2 aromatic carbocycles. The number of carbonyl (C=O) groups excluding carboxylic acids is 3. The number of rotatable bonds is 11. The molecule has 4 rings (SSSR count). The van der Waals surface area contributed by atoms with Gasteiger partial charge in [0.1, 0.15) is 5.60 Å². The largest absolute Gasteiger partial charge is 0.444 e.